The van der Waals surface area contributed by atoms with Gasteiger partial charge in [0.05, 0.1) is 5.71 Å². The van der Waals surface area contributed by atoms with Crippen molar-refractivity contribution in [2.24, 2.45) is 10.9 Å². The molecule has 4 nitrogen and oxygen atoms in total. The van der Waals surface area contributed by atoms with Gasteiger partial charge in [0.15, 0.2) is 5.78 Å². The van der Waals surface area contributed by atoms with Crippen molar-refractivity contribution in [2.45, 2.75) is 6.92 Å². The van der Waals surface area contributed by atoms with Crippen LogP contribution in [0.25, 0.3) is 0 Å². The van der Waals surface area contributed by atoms with E-state index in [2.05, 4.69) is 4.99 Å². The molecule has 0 saturated carbocycles. The Morgan fingerprint density at radius 2 is 2.08 bits per heavy atom. The molecular formula is C8H7CuNO3. The van der Waals surface area contributed by atoms with E-state index in [0.29, 0.717) is 12.6 Å². The molecule has 13 heavy (non-hydrogen) atoms. The maximum absolute atomic E-state index is 11.2. The molecule has 5 heteroatoms. The summed E-state index contributed by atoms with van der Waals surface area (Å²) >= 11 is 0. The monoisotopic (exact) mass is 228 g/mol. The molecule has 1 aliphatic rings. The summed E-state index contributed by atoms with van der Waals surface area (Å²) in [6, 6.07) is 0. The number of aliphatic imine (C=N–C) groups is 1. The van der Waals surface area contributed by atoms with Gasteiger partial charge in [0.2, 0.25) is 0 Å². The van der Waals surface area contributed by atoms with Crippen molar-refractivity contribution in [3.63, 3.8) is 0 Å². The number of ketones is 1. The Hall–Kier alpha value is -1.06. The molecule has 73 valence electrons. The van der Waals surface area contributed by atoms with Crippen LogP contribution in [0.15, 0.2) is 16.8 Å². The van der Waals surface area contributed by atoms with E-state index in [1.54, 1.807) is 0 Å². The minimum atomic E-state index is -0.944. The number of carbonyl (C=O) groups is 3. The standard InChI is InChI=1S/C8H7NO3.Cu/c1-5-8(12)7(4-11)6(3-10)2-9-5;/h2-4,7H,1H3;. The van der Waals surface area contributed by atoms with Crippen molar-refractivity contribution < 1.29 is 31.5 Å². The van der Waals surface area contributed by atoms with Gasteiger partial charge in [-0.3, -0.25) is 14.6 Å². The predicted molar refractivity (Wildman–Crippen MR) is 41.8 cm³/mol. The number of allylic oxidation sites excluding steroid dienone is 1. The van der Waals surface area contributed by atoms with Crippen molar-refractivity contribution in [3.8, 4) is 0 Å². The van der Waals surface area contributed by atoms with Gasteiger partial charge in [-0.15, -0.1) is 0 Å². The van der Waals surface area contributed by atoms with Crippen molar-refractivity contribution in [2.75, 3.05) is 0 Å². The van der Waals surface area contributed by atoms with E-state index in [1.165, 1.54) is 13.1 Å². The second-order valence-electron chi connectivity index (χ2n) is 2.44. The molecular weight excluding hydrogens is 222 g/mol. The van der Waals surface area contributed by atoms with Gasteiger partial charge in [0.25, 0.3) is 0 Å². The van der Waals surface area contributed by atoms with Crippen LogP contribution in [0.5, 0.6) is 0 Å². The molecule has 1 aliphatic heterocycles. The molecule has 1 rings (SSSR count). The molecule has 1 heterocycles. The Balaban J connectivity index is 0.00000144. The fraction of sp³-hybridized carbons (Fsp3) is 0.250. The average molecular weight is 229 g/mol. The zero-order valence-corrected chi connectivity index (χ0v) is 7.72. The second-order valence-corrected chi connectivity index (χ2v) is 2.44. The Morgan fingerprint density at radius 1 is 1.46 bits per heavy atom. The van der Waals surface area contributed by atoms with E-state index in [-0.39, 0.29) is 28.4 Å². The molecule has 1 unspecified atom stereocenters. The quantitative estimate of drug-likeness (QED) is 0.378. The van der Waals surface area contributed by atoms with E-state index < -0.39 is 11.7 Å². The molecule has 0 saturated heterocycles. The summed E-state index contributed by atoms with van der Waals surface area (Å²) in [6.45, 7) is 1.51. The summed E-state index contributed by atoms with van der Waals surface area (Å²) in [6.07, 6.45) is 2.19. The zero-order chi connectivity index (χ0) is 9.14. The van der Waals surface area contributed by atoms with E-state index in [1.807, 2.05) is 0 Å². The first-order chi connectivity index (χ1) is 5.70. The van der Waals surface area contributed by atoms with Gasteiger partial charge < -0.3 is 4.79 Å². The van der Waals surface area contributed by atoms with Gasteiger partial charge in [-0.2, -0.15) is 0 Å². The van der Waals surface area contributed by atoms with Gasteiger partial charge in [-0.25, -0.2) is 0 Å². The zero-order valence-electron chi connectivity index (χ0n) is 6.78. The number of aldehydes is 2. The van der Waals surface area contributed by atoms with Crippen LogP contribution in [0.4, 0.5) is 0 Å². The Bertz CT molecular complexity index is 307. The van der Waals surface area contributed by atoms with Crippen LogP contribution in [0, 0.1) is 5.92 Å². The number of carbonyl (C=O) groups excluding carboxylic acids is 3. The summed E-state index contributed by atoms with van der Waals surface area (Å²) in [4.78, 5) is 35.6. The van der Waals surface area contributed by atoms with E-state index in [0.717, 1.165) is 0 Å². The molecule has 0 bridgehead atoms. The Kier molecular flexibility index (Phi) is 4.45. The third-order valence-electron chi connectivity index (χ3n) is 1.68. The molecule has 1 atom stereocenters. The molecule has 0 fully saturated rings. The van der Waals surface area contributed by atoms with Gasteiger partial charge in [0.1, 0.15) is 18.5 Å². The summed E-state index contributed by atoms with van der Waals surface area (Å²) in [5, 5.41) is 0. The second kappa shape index (κ2) is 4.84. The molecule has 0 aliphatic carbocycles. The first-order valence-corrected chi connectivity index (χ1v) is 3.40. The fourth-order valence-electron chi connectivity index (χ4n) is 0.936. The van der Waals surface area contributed by atoms with E-state index >= 15 is 0 Å². The third kappa shape index (κ3) is 2.20. The normalized spacial score (nSPS) is 21.0. The molecule has 0 spiro atoms. The first-order valence-electron chi connectivity index (χ1n) is 3.40. The maximum Gasteiger partial charge on any atom is 0.191 e. The molecule has 0 aromatic carbocycles. The summed E-state index contributed by atoms with van der Waals surface area (Å²) in [5.74, 6) is -1.34. The number of rotatable bonds is 2. The number of hydrogen-bond acceptors (Lipinski definition) is 4. The van der Waals surface area contributed by atoms with Gasteiger partial charge in [0, 0.05) is 28.8 Å². The van der Waals surface area contributed by atoms with E-state index in [9.17, 15) is 14.4 Å². The third-order valence-corrected chi connectivity index (χ3v) is 1.68. The van der Waals surface area contributed by atoms with Gasteiger partial charge >= 0.3 is 0 Å². The summed E-state index contributed by atoms with van der Waals surface area (Å²) in [7, 11) is 0. The predicted octanol–water partition coefficient (Wildman–Crippen LogP) is -0.0746. The maximum atomic E-state index is 11.2. The summed E-state index contributed by atoms with van der Waals surface area (Å²) < 4.78 is 0. The Labute approximate surface area is 85.6 Å². The smallest absolute Gasteiger partial charge is 0.191 e. The van der Waals surface area contributed by atoms with Crippen LogP contribution in [0.2, 0.25) is 0 Å². The Morgan fingerprint density at radius 3 is 2.54 bits per heavy atom. The summed E-state index contributed by atoms with van der Waals surface area (Å²) in [5.41, 5.74) is 0.387. The minimum absolute atomic E-state index is 0. The molecule has 0 aromatic heterocycles. The largest absolute Gasteiger partial charge is 0.302 e. The van der Waals surface area contributed by atoms with Crippen molar-refractivity contribution in [1.82, 2.24) is 0 Å². The van der Waals surface area contributed by atoms with Crippen LogP contribution in [-0.4, -0.2) is 24.1 Å². The minimum Gasteiger partial charge on any atom is -0.302 e. The van der Waals surface area contributed by atoms with E-state index in [4.69, 9.17) is 0 Å². The first kappa shape index (κ1) is 11.9. The van der Waals surface area contributed by atoms with Crippen molar-refractivity contribution in [1.29, 1.82) is 0 Å². The number of Topliss-reactive ketones (excluding diaryl/α,β-unsaturated/α-hetero) is 1. The van der Waals surface area contributed by atoms with Gasteiger partial charge in [-0.1, -0.05) is 0 Å². The number of nitrogens with zero attached hydrogens (tertiary/aromatic N) is 1. The molecule has 0 amide bonds. The van der Waals surface area contributed by atoms with Crippen LogP contribution in [0.1, 0.15) is 6.92 Å². The molecule has 0 aromatic rings. The SMILES string of the molecule is CC1=NC=C(C=O)C(C=O)C1=O.[Cu]. The van der Waals surface area contributed by atoms with Crippen LogP contribution < -0.4 is 0 Å². The molecule has 0 N–H and O–H groups in total. The van der Waals surface area contributed by atoms with Gasteiger partial charge in [-0.05, 0) is 6.92 Å². The fourth-order valence-corrected chi connectivity index (χ4v) is 0.936. The average Bonchev–Trinajstić information content (AvgIpc) is 2.09. The topological polar surface area (TPSA) is 63.6 Å². The number of hydrogen-bond donors (Lipinski definition) is 0. The molecule has 1 radical (unpaired) electrons. The van der Waals surface area contributed by atoms with Crippen molar-refractivity contribution >= 4 is 24.1 Å². The van der Waals surface area contributed by atoms with Crippen LogP contribution in [-0.2, 0) is 31.5 Å². The van der Waals surface area contributed by atoms with Crippen LogP contribution in [0.3, 0.4) is 0 Å². The van der Waals surface area contributed by atoms with Crippen molar-refractivity contribution in [3.05, 3.63) is 11.8 Å². The van der Waals surface area contributed by atoms with Crippen LogP contribution >= 0.6 is 0 Å².